The van der Waals surface area contributed by atoms with Crippen LogP contribution in [0.1, 0.15) is 12.1 Å². The van der Waals surface area contributed by atoms with E-state index in [2.05, 4.69) is 10.00 Å². The second kappa shape index (κ2) is 6.16. The van der Waals surface area contributed by atoms with Gasteiger partial charge >= 0.3 is 0 Å². The molecular formula is C13H22N4O2. The summed E-state index contributed by atoms with van der Waals surface area (Å²) in [6.45, 7) is 2.47. The molecule has 1 atom stereocenters. The highest BCUT2D eigenvalue weighted by Crippen LogP contribution is 2.18. The summed E-state index contributed by atoms with van der Waals surface area (Å²) in [6.07, 6.45) is 2.71. The fourth-order valence-electron chi connectivity index (χ4n) is 2.54. The number of fused-ring (bicyclic) bond motifs is 1. The molecule has 0 saturated heterocycles. The molecule has 0 unspecified atom stereocenters. The Bertz CT molecular complexity index is 430. The Hall–Kier alpha value is -1.40. The van der Waals surface area contributed by atoms with Crippen LogP contribution in [0.25, 0.3) is 0 Å². The molecule has 6 heteroatoms. The van der Waals surface area contributed by atoms with E-state index in [-0.39, 0.29) is 18.6 Å². The lowest BCUT2D eigenvalue weighted by atomic mass is 10.1. The number of methoxy groups -OCH3 is 1. The van der Waals surface area contributed by atoms with Crippen LogP contribution in [-0.2, 0) is 22.6 Å². The Morgan fingerprint density at radius 3 is 3.05 bits per heavy atom. The zero-order valence-corrected chi connectivity index (χ0v) is 11.9. The maximum atomic E-state index is 12.2. The molecule has 1 aromatic heterocycles. The minimum absolute atomic E-state index is 0.0454. The number of aryl methyl sites for hydroxylation is 1. The second-order valence-corrected chi connectivity index (χ2v) is 5.21. The van der Waals surface area contributed by atoms with Crippen molar-refractivity contribution in [3.05, 3.63) is 18.0 Å². The molecule has 19 heavy (non-hydrogen) atoms. The van der Waals surface area contributed by atoms with Gasteiger partial charge in [-0.25, -0.2) is 0 Å². The predicted molar refractivity (Wildman–Crippen MR) is 71.6 cm³/mol. The van der Waals surface area contributed by atoms with E-state index in [0.29, 0.717) is 6.54 Å². The van der Waals surface area contributed by atoms with E-state index in [9.17, 15) is 4.79 Å². The Morgan fingerprint density at radius 2 is 2.37 bits per heavy atom. The highest BCUT2D eigenvalue weighted by Gasteiger charge is 2.28. The van der Waals surface area contributed by atoms with Gasteiger partial charge in [0.2, 0.25) is 5.91 Å². The van der Waals surface area contributed by atoms with Crippen LogP contribution in [0.2, 0.25) is 0 Å². The normalized spacial score (nSPS) is 19.4. The van der Waals surface area contributed by atoms with Gasteiger partial charge in [-0.3, -0.25) is 9.48 Å². The van der Waals surface area contributed by atoms with E-state index in [1.54, 1.807) is 13.3 Å². The number of rotatable bonds is 4. The largest absolute Gasteiger partial charge is 0.375 e. The highest BCUT2D eigenvalue weighted by molar-refractivity contribution is 5.77. The van der Waals surface area contributed by atoms with Crippen LogP contribution in [0.4, 0.5) is 0 Å². The molecule has 0 bridgehead atoms. The van der Waals surface area contributed by atoms with Crippen molar-refractivity contribution in [2.24, 2.45) is 0 Å². The quantitative estimate of drug-likeness (QED) is 0.781. The van der Waals surface area contributed by atoms with Crippen LogP contribution in [0.15, 0.2) is 12.3 Å². The monoisotopic (exact) mass is 266 g/mol. The molecule has 0 N–H and O–H groups in total. The number of ether oxygens (including phenoxy) is 1. The Kier molecular flexibility index (Phi) is 4.55. The summed E-state index contributed by atoms with van der Waals surface area (Å²) in [6, 6.07) is 2.19. The molecule has 1 aliphatic rings. The zero-order chi connectivity index (χ0) is 13.8. The van der Waals surface area contributed by atoms with Crippen LogP contribution < -0.4 is 0 Å². The van der Waals surface area contributed by atoms with Crippen molar-refractivity contribution >= 4 is 5.91 Å². The van der Waals surface area contributed by atoms with E-state index in [4.69, 9.17) is 4.74 Å². The third kappa shape index (κ3) is 3.33. The van der Waals surface area contributed by atoms with Crippen molar-refractivity contribution in [3.63, 3.8) is 0 Å². The molecule has 2 heterocycles. The SMILES string of the molecule is COCC(=O)N1Cc2ccnn2CC[C@@H]1CN(C)C. The van der Waals surface area contributed by atoms with Crippen molar-refractivity contribution in [1.82, 2.24) is 19.6 Å². The summed E-state index contributed by atoms with van der Waals surface area (Å²) in [5.74, 6) is 0.0454. The summed E-state index contributed by atoms with van der Waals surface area (Å²) >= 11 is 0. The number of aromatic nitrogens is 2. The predicted octanol–water partition coefficient (Wildman–Crippen LogP) is 0.192. The Labute approximate surface area is 113 Å². The fraction of sp³-hybridized carbons (Fsp3) is 0.692. The minimum Gasteiger partial charge on any atom is -0.375 e. The molecular weight excluding hydrogens is 244 g/mol. The molecule has 0 aromatic carbocycles. The molecule has 0 spiro atoms. The maximum Gasteiger partial charge on any atom is 0.249 e. The smallest absolute Gasteiger partial charge is 0.249 e. The number of amides is 1. The van der Waals surface area contributed by atoms with Crippen LogP contribution in [0, 0.1) is 0 Å². The summed E-state index contributed by atoms with van der Waals surface area (Å²) in [4.78, 5) is 16.3. The van der Waals surface area contributed by atoms with E-state index in [1.807, 2.05) is 29.7 Å². The van der Waals surface area contributed by atoms with Crippen LogP contribution in [-0.4, -0.2) is 65.9 Å². The Morgan fingerprint density at radius 1 is 1.58 bits per heavy atom. The zero-order valence-electron chi connectivity index (χ0n) is 11.9. The summed E-state index contributed by atoms with van der Waals surface area (Å²) in [7, 11) is 5.62. The summed E-state index contributed by atoms with van der Waals surface area (Å²) in [5.41, 5.74) is 1.09. The third-order valence-electron chi connectivity index (χ3n) is 3.42. The van der Waals surface area contributed by atoms with Gasteiger partial charge in [0.05, 0.1) is 12.2 Å². The second-order valence-electron chi connectivity index (χ2n) is 5.21. The van der Waals surface area contributed by atoms with Gasteiger partial charge in [-0.05, 0) is 26.6 Å². The first-order valence-corrected chi connectivity index (χ1v) is 6.55. The van der Waals surface area contributed by atoms with Gasteiger partial charge in [-0.2, -0.15) is 5.10 Å². The fourth-order valence-corrected chi connectivity index (χ4v) is 2.54. The molecule has 0 fully saturated rings. The average Bonchev–Trinajstić information content (AvgIpc) is 2.72. The lowest BCUT2D eigenvalue weighted by Crippen LogP contribution is -2.45. The molecule has 0 saturated carbocycles. The number of hydrogen-bond acceptors (Lipinski definition) is 4. The molecule has 0 aliphatic carbocycles. The number of hydrogen-bond donors (Lipinski definition) is 0. The Balaban J connectivity index is 2.18. The van der Waals surface area contributed by atoms with Gasteiger partial charge in [-0.1, -0.05) is 0 Å². The topological polar surface area (TPSA) is 50.6 Å². The summed E-state index contributed by atoms with van der Waals surface area (Å²) in [5, 5.41) is 4.30. The number of nitrogens with zero attached hydrogens (tertiary/aromatic N) is 4. The third-order valence-corrected chi connectivity index (χ3v) is 3.42. The first-order chi connectivity index (χ1) is 9.11. The van der Waals surface area contributed by atoms with E-state index in [0.717, 1.165) is 25.2 Å². The van der Waals surface area contributed by atoms with Crippen molar-refractivity contribution < 1.29 is 9.53 Å². The number of likely N-dealkylation sites (N-methyl/N-ethyl adjacent to an activating group) is 1. The molecule has 2 rings (SSSR count). The number of carbonyl (C=O) groups excluding carboxylic acids is 1. The van der Waals surface area contributed by atoms with Crippen molar-refractivity contribution in [2.45, 2.75) is 25.6 Å². The lowest BCUT2D eigenvalue weighted by Gasteiger charge is -2.31. The first-order valence-electron chi connectivity index (χ1n) is 6.55. The van der Waals surface area contributed by atoms with Crippen LogP contribution in [0.3, 0.4) is 0 Å². The lowest BCUT2D eigenvalue weighted by molar-refractivity contribution is -0.138. The molecule has 0 radical (unpaired) electrons. The van der Waals surface area contributed by atoms with E-state index >= 15 is 0 Å². The average molecular weight is 266 g/mol. The van der Waals surface area contributed by atoms with Crippen molar-refractivity contribution in [1.29, 1.82) is 0 Å². The van der Waals surface area contributed by atoms with E-state index < -0.39 is 0 Å². The van der Waals surface area contributed by atoms with Crippen LogP contribution in [0.5, 0.6) is 0 Å². The molecule has 1 amide bonds. The van der Waals surface area contributed by atoms with Gasteiger partial charge in [0.25, 0.3) is 0 Å². The summed E-state index contributed by atoms with van der Waals surface area (Å²) < 4.78 is 6.98. The molecule has 106 valence electrons. The molecule has 1 aliphatic heterocycles. The van der Waals surface area contributed by atoms with Gasteiger partial charge in [0.15, 0.2) is 0 Å². The van der Waals surface area contributed by atoms with Gasteiger partial charge < -0.3 is 14.5 Å². The first kappa shape index (κ1) is 14.0. The van der Waals surface area contributed by atoms with Crippen molar-refractivity contribution in [3.8, 4) is 0 Å². The molecule has 1 aromatic rings. The van der Waals surface area contributed by atoms with Gasteiger partial charge in [0.1, 0.15) is 6.61 Å². The standard InChI is InChI=1S/C13H22N4O2/c1-15(2)8-11-5-7-17-12(4-6-14-17)9-16(11)13(18)10-19-3/h4,6,11H,5,7-10H2,1-3H3/t11-/m1/s1. The van der Waals surface area contributed by atoms with Crippen molar-refractivity contribution in [2.75, 3.05) is 34.4 Å². The highest BCUT2D eigenvalue weighted by atomic mass is 16.5. The van der Waals surface area contributed by atoms with Gasteiger partial charge in [0, 0.05) is 32.4 Å². The van der Waals surface area contributed by atoms with E-state index in [1.165, 1.54) is 0 Å². The van der Waals surface area contributed by atoms with Crippen LogP contribution >= 0.6 is 0 Å². The molecule has 6 nitrogen and oxygen atoms in total. The minimum atomic E-state index is 0.0454. The maximum absolute atomic E-state index is 12.2. The number of carbonyl (C=O) groups is 1. The van der Waals surface area contributed by atoms with Gasteiger partial charge in [-0.15, -0.1) is 0 Å².